The fourth-order valence-corrected chi connectivity index (χ4v) is 9.46. The van der Waals surface area contributed by atoms with Crippen LogP contribution in [-0.4, -0.2) is 80.5 Å². The summed E-state index contributed by atoms with van der Waals surface area (Å²) in [6, 6.07) is 13.6. The van der Waals surface area contributed by atoms with Crippen LogP contribution in [0.4, 0.5) is 16.2 Å². The smallest absolute Gasteiger partial charge is 0.408 e. The molecule has 1 aliphatic carbocycles. The van der Waals surface area contributed by atoms with Gasteiger partial charge in [-0.1, -0.05) is 88.4 Å². The van der Waals surface area contributed by atoms with Crippen LogP contribution in [-0.2, 0) is 45.8 Å². The molecule has 356 valence electrons. The summed E-state index contributed by atoms with van der Waals surface area (Å²) in [7, 11) is -1.69. The fourth-order valence-electron chi connectivity index (χ4n) is 8.16. The molecule has 19 nitrogen and oxygen atoms in total. The largest absolute Gasteiger partial charge is 0.469 e. The minimum atomic E-state index is -2.95. The second-order valence-corrected chi connectivity index (χ2v) is 19.4. The normalized spacial score (nSPS) is 15.5. The summed E-state index contributed by atoms with van der Waals surface area (Å²) in [4.78, 5) is 81.5. The van der Waals surface area contributed by atoms with Crippen LogP contribution >= 0.6 is 8.03 Å². The molecule has 0 radical (unpaired) electrons. The molecule has 4 unspecified atom stereocenters. The first kappa shape index (κ1) is 50.8. The Balaban J connectivity index is 1.50. The predicted octanol–water partition coefficient (Wildman–Crippen LogP) is 7.74. The Labute approximate surface area is 383 Å². The van der Waals surface area contributed by atoms with E-state index in [4.69, 9.17) is 14.0 Å². The summed E-state index contributed by atoms with van der Waals surface area (Å²) in [5.41, 5.74) is -1.10. The lowest BCUT2D eigenvalue weighted by atomic mass is 9.86. The molecular formula is C46H60N7O12P. The van der Waals surface area contributed by atoms with Crippen molar-refractivity contribution >= 4 is 54.1 Å². The number of benzene rings is 3. The molecule has 20 heteroatoms. The van der Waals surface area contributed by atoms with E-state index in [1.165, 1.54) is 30.3 Å². The molecule has 3 N–H and O–H groups in total. The maximum atomic E-state index is 14.7. The topological polar surface area (TPSA) is 253 Å². The third kappa shape index (κ3) is 14.9. The van der Waals surface area contributed by atoms with Gasteiger partial charge in [0.25, 0.3) is 11.4 Å². The van der Waals surface area contributed by atoms with E-state index in [-0.39, 0.29) is 42.2 Å². The zero-order chi connectivity index (χ0) is 48.1. The monoisotopic (exact) mass is 933 g/mol. The number of rotatable bonds is 21. The lowest BCUT2D eigenvalue weighted by molar-refractivity contribution is -0.394. The van der Waals surface area contributed by atoms with Gasteiger partial charge in [0.15, 0.2) is 8.03 Å². The van der Waals surface area contributed by atoms with E-state index < -0.39 is 83.0 Å². The molecular weight excluding hydrogens is 874 g/mol. The van der Waals surface area contributed by atoms with E-state index in [1.54, 1.807) is 20.8 Å². The second-order valence-electron chi connectivity index (χ2n) is 18.0. The number of alkyl carbamates (subject to hydrolysis) is 1. The Hall–Kier alpha value is -6.20. The molecule has 0 saturated heterocycles. The number of nitro groups is 2. The molecule has 1 saturated carbocycles. The van der Waals surface area contributed by atoms with Crippen LogP contribution in [0, 0.1) is 38.0 Å². The summed E-state index contributed by atoms with van der Waals surface area (Å²) in [6.45, 7) is 8.90. The van der Waals surface area contributed by atoms with Crippen molar-refractivity contribution in [2.45, 2.75) is 116 Å². The van der Waals surface area contributed by atoms with Crippen LogP contribution in [0.1, 0.15) is 90.8 Å². The molecule has 3 amide bonds. The highest BCUT2D eigenvalue weighted by Crippen LogP contribution is 2.35. The Bertz CT molecular complexity index is 2390. The maximum absolute atomic E-state index is 14.7. The molecule has 1 fully saturated rings. The van der Waals surface area contributed by atoms with Gasteiger partial charge in [-0.3, -0.25) is 43.7 Å². The van der Waals surface area contributed by atoms with Crippen molar-refractivity contribution < 1.29 is 47.6 Å². The van der Waals surface area contributed by atoms with Crippen LogP contribution in [0.2, 0.25) is 0 Å². The van der Waals surface area contributed by atoms with Crippen LogP contribution in [0.15, 0.2) is 73.2 Å². The first-order valence-electron chi connectivity index (χ1n) is 22.1. The van der Waals surface area contributed by atoms with Gasteiger partial charge >= 0.3 is 12.1 Å². The number of aromatic nitrogens is 2. The Morgan fingerprint density at radius 1 is 0.894 bits per heavy atom. The number of nitrogens with zero attached hydrogens (tertiary/aromatic N) is 4. The van der Waals surface area contributed by atoms with Crippen molar-refractivity contribution in [3.05, 3.63) is 105 Å². The highest BCUT2D eigenvalue weighted by Gasteiger charge is 2.33. The molecule has 0 bridgehead atoms. The van der Waals surface area contributed by atoms with Crippen LogP contribution in [0.25, 0.3) is 16.5 Å². The number of fused-ring (bicyclic) bond motifs is 1. The number of methoxy groups -OCH3 is 1. The van der Waals surface area contributed by atoms with E-state index in [9.17, 15) is 44.0 Å². The molecule has 0 spiro atoms. The molecule has 5 atom stereocenters. The van der Waals surface area contributed by atoms with Gasteiger partial charge in [0.1, 0.15) is 29.6 Å². The number of imidazole rings is 1. The average Bonchev–Trinajstić information content (AvgIpc) is 3.73. The number of hydrogen-bond acceptors (Lipinski definition) is 13. The van der Waals surface area contributed by atoms with E-state index in [0.29, 0.717) is 12.8 Å². The minimum Gasteiger partial charge on any atom is -0.469 e. The molecule has 1 heterocycles. The Morgan fingerprint density at radius 2 is 1.58 bits per heavy atom. The number of amides is 3. The van der Waals surface area contributed by atoms with Crippen LogP contribution in [0.5, 0.6) is 0 Å². The number of nitro benzene ring substituents is 2. The van der Waals surface area contributed by atoms with Crippen molar-refractivity contribution in [2.24, 2.45) is 17.8 Å². The predicted molar refractivity (Wildman–Crippen MR) is 246 cm³/mol. The second kappa shape index (κ2) is 23.3. The van der Waals surface area contributed by atoms with Gasteiger partial charge in [-0.15, -0.1) is 0 Å². The Morgan fingerprint density at radius 3 is 2.24 bits per heavy atom. The Kier molecular flexibility index (Phi) is 17.9. The summed E-state index contributed by atoms with van der Waals surface area (Å²) in [5.74, 6) is -2.50. The third-order valence-corrected chi connectivity index (χ3v) is 12.6. The molecule has 3 aromatic carbocycles. The lowest BCUT2D eigenvalue weighted by Gasteiger charge is -2.29. The quantitative estimate of drug-likeness (QED) is 0.0238. The number of carbonyl (C=O) groups is 4. The van der Waals surface area contributed by atoms with Gasteiger partial charge < -0.3 is 29.9 Å². The number of non-ortho nitro benzene ring substituents is 1. The summed E-state index contributed by atoms with van der Waals surface area (Å²) < 4.78 is 31.7. The average molecular weight is 934 g/mol. The van der Waals surface area contributed by atoms with Gasteiger partial charge in [0, 0.05) is 31.3 Å². The fraction of sp³-hybridized carbons (Fsp3) is 0.500. The lowest BCUT2D eigenvalue weighted by Crippen LogP contribution is -2.56. The van der Waals surface area contributed by atoms with Crippen LogP contribution < -0.4 is 16.0 Å². The highest BCUT2D eigenvalue weighted by molar-refractivity contribution is 7.39. The van der Waals surface area contributed by atoms with Gasteiger partial charge in [-0.25, -0.2) is 9.78 Å². The van der Waals surface area contributed by atoms with Gasteiger partial charge in [0.05, 0.1) is 41.0 Å². The first-order chi connectivity index (χ1) is 31.3. The van der Waals surface area contributed by atoms with E-state index in [2.05, 4.69) is 20.9 Å². The SMILES string of the molecule is COC(=O)C(CC(C)C)C[PH](=O)OC(CC1CCCCC1)NC(=O)[C@H](Cc1cn(-c2ccc([N+](=O)[O-])cc2[N+](=O)[O-])cn1)NC(=O)C(Cc1cccc2ccccc12)NC(=O)OC(C)(C)C. The standard InChI is InChI=1S/C46H60N7O12P/c1-29(2)21-33(44(56)63-6)27-66(62)65-41(22-30-13-8-7-9-14-30)50-43(55)38(24-34-26-51(28-47-34)39-20-19-35(52(58)59)25-40(39)53(60)61)48-42(54)37(49-45(57)64-46(3,4)5)23-32-17-12-16-31-15-10-11-18-36(31)32/h10-12,15-20,25-26,28-30,33,37-38,41,66H,7-9,13-14,21-24,27H2,1-6H3,(H,48,54)(H,49,57)(H,50,55)/t33?,37?,38-,41?/m0/s1. The van der Waals surface area contributed by atoms with Gasteiger partial charge in [0.2, 0.25) is 11.8 Å². The van der Waals surface area contributed by atoms with E-state index >= 15 is 0 Å². The first-order valence-corrected chi connectivity index (χ1v) is 23.6. The zero-order valence-electron chi connectivity index (χ0n) is 38.2. The van der Waals surface area contributed by atoms with Crippen molar-refractivity contribution in [1.29, 1.82) is 0 Å². The van der Waals surface area contributed by atoms with Crippen molar-refractivity contribution in [1.82, 2.24) is 25.5 Å². The van der Waals surface area contributed by atoms with E-state index in [1.807, 2.05) is 56.3 Å². The highest BCUT2D eigenvalue weighted by atomic mass is 31.1. The number of carbonyl (C=O) groups excluding carboxylic acids is 4. The van der Waals surface area contributed by atoms with Gasteiger partial charge in [-0.2, -0.15) is 0 Å². The molecule has 4 aromatic rings. The molecule has 5 rings (SSSR count). The van der Waals surface area contributed by atoms with Gasteiger partial charge in [-0.05, 0) is 67.9 Å². The maximum Gasteiger partial charge on any atom is 0.408 e. The minimum absolute atomic E-state index is 0.00761. The number of ether oxygens (including phenoxy) is 2. The van der Waals surface area contributed by atoms with E-state index in [0.717, 1.165) is 60.6 Å². The van der Waals surface area contributed by atoms with Crippen molar-refractivity contribution in [2.75, 3.05) is 13.3 Å². The van der Waals surface area contributed by atoms with Crippen molar-refractivity contribution in [3.63, 3.8) is 0 Å². The zero-order valence-corrected chi connectivity index (χ0v) is 39.2. The summed E-state index contributed by atoms with van der Waals surface area (Å²) >= 11 is 0. The molecule has 0 aliphatic heterocycles. The molecule has 1 aliphatic rings. The molecule has 1 aromatic heterocycles. The van der Waals surface area contributed by atoms with Crippen molar-refractivity contribution in [3.8, 4) is 5.69 Å². The number of hydrogen-bond donors (Lipinski definition) is 3. The summed E-state index contributed by atoms with van der Waals surface area (Å²) in [6.07, 6.45) is 5.69. The molecule has 66 heavy (non-hydrogen) atoms. The number of nitrogens with one attached hydrogen (secondary N) is 3. The summed E-state index contributed by atoms with van der Waals surface area (Å²) in [5, 5.41) is 33.5. The number of esters is 1. The third-order valence-electron chi connectivity index (χ3n) is 11.2. The van der Waals surface area contributed by atoms with Crippen LogP contribution in [0.3, 0.4) is 0 Å².